The summed E-state index contributed by atoms with van der Waals surface area (Å²) in [6, 6.07) is 0. The number of carbonyl (C=O) groups is 1. The van der Waals surface area contributed by atoms with Gasteiger partial charge in [0.1, 0.15) is 35.6 Å². The molecule has 0 spiro atoms. The van der Waals surface area contributed by atoms with Gasteiger partial charge in [0.05, 0.1) is 32.0 Å². The van der Waals surface area contributed by atoms with E-state index in [1.54, 1.807) is 6.92 Å². The zero-order chi connectivity index (χ0) is 20.8. The van der Waals surface area contributed by atoms with E-state index in [2.05, 4.69) is 4.74 Å². The van der Waals surface area contributed by atoms with Crippen LogP contribution in [0.3, 0.4) is 0 Å². The number of methoxy groups -OCH3 is 1. The van der Waals surface area contributed by atoms with Gasteiger partial charge in [-0.1, -0.05) is 6.92 Å². The Kier molecular flexibility index (Phi) is 5.99. The van der Waals surface area contributed by atoms with Crippen molar-refractivity contribution in [1.29, 1.82) is 0 Å². The molecule has 0 unspecified atom stereocenters. The quantitative estimate of drug-likeness (QED) is 0.262. The minimum atomic E-state index is -2.01. The molecule has 11 nitrogen and oxygen atoms in total. The van der Waals surface area contributed by atoms with Crippen LogP contribution in [0.5, 0.6) is 0 Å². The first-order valence-electron chi connectivity index (χ1n) is 8.97. The van der Waals surface area contributed by atoms with Gasteiger partial charge in [-0.25, -0.2) is 4.79 Å². The molecule has 0 aromatic rings. The molecule has 1 saturated carbocycles. The van der Waals surface area contributed by atoms with Gasteiger partial charge in [0.25, 0.3) is 0 Å². The molecule has 2 aliphatic heterocycles. The molecule has 10 atom stereocenters. The number of carbonyl (C=O) groups excluding carboxylic acids is 1. The average Bonchev–Trinajstić information content (AvgIpc) is 2.91. The van der Waals surface area contributed by atoms with E-state index in [4.69, 9.17) is 14.2 Å². The lowest BCUT2D eigenvalue weighted by Crippen LogP contribution is -2.61. The molecule has 0 aromatic carbocycles. The van der Waals surface area contributed by atoms with E-state index in [1.807, 2.05) is 0 Å². The third kappa shape index (κ3) is 3.21. The van der Waals surface area contributed by atoms with Crippen molar-refractivity contribution in [1.82, 2.24) is 0 Å². The van der Waals surface area contributed by atoms with E-state index < -0.39 is 67.2 Å². The van der Waals surface area contributed by atoms with Gasteiger partial charge in [-0.2, -0.15) is 0 Å². The van der Waals surface area contributed by atoms with E-state index in [-0.39, 0.29) is 17.9 Å². The molecule has 3 rings (SSSR count). The molecule has 28 heavy (non-hydrogen) atoms. The number of aliphatic hydroxyl groups is 6. The Bertz CT molecular complexity index is 622. The molecule has 1 saturated heterocycles. The highest BCUT2D eigenvalue weighted by Crippen LogP contribution is 2.50. The highest BCUT2D eigenvalue weighted by Gasteiger charge is 2.63. The fraction of sp³-hybridized carbons (Fsp3) is 0.824. The molecule has 11 heteroatoms. The first-order valence-corrected chi connectivity index (χ1v) is 8.97. The van der Waals surface area contributed by atoms with E-state index in [1.165, 1.54) is 0 Å². The van der Waals surface area contributed by atoms with Crippen molar-refractivity contribution in [3.63, 3.8) is 0 Å². The minimum Gasteiger partial charge on any atom is -0.471 e. The summed E-state index contributed by atoms with van der Waals surface area (Å²) < 4.78 is 21.0. The lowest BCUT2D eigenvalue weighted by molar-refractivity contribution is -0.347. The Balaban J connectivity index is 1.87. The number of rotatable bonds is 4. The lowest BCUT2D eigenvalue weighted by atomic mass is 9.78. The summed E-state index contributed by atoms with van der Waals surface area (Å²) in [5, 5.41) is 60.8. The maximum atomic E-state index is 12.0. The maximum Gasteiger partial charge on any atom is 0.339 e. The first kappa shape index (κ1) is 21.4. The Labute approximate surface area is 160 Å². The Morgan fingerprint density at radius 1 is 1.21 bits per heavy atom. The number of ether oxygens (including phenoxy) is 4. The van der Waals surface area contributed by atoms with Crippen molar-refractivity contribution < 1.29 is 54.4 Å². The van der Waals surface area contributed by atoms with Crippen LogP contribution in [-0.4, -0.2) is 99.0 Å². The van der Waals surface area contributed by atoms with Crippen molar-refractivity contribution in [3.05, 3.63) is 11.8 Å². The molecular weight excluding hydrogens is 380 g/mol. The zero-order valence-corrected chi connectivity index (χ0v) is 15.4. The fourth-order valence-corrected chi connectivity index (χ4v) is 4.23. The van der Waals surface area contributed by atoms with Crippen LogP contribution >= 0.6 is 0 Å². The fourth-order valence-electron chi connectivity index (χ4n) is 4.23. The molecule has 1 aliphatic carbocycles. The van der Waals surface area contributed by atoms with Crippen LogP contribution in [0.25, 0.3) is 0 Å². The van der Waals surface area contributed by atoms with Crippen LogP contribution in [0.15, 0.2) is 11.8 Å². The van der Waals surface area contributed by atoms with E-state index in [0.717, 1.165) is 13.4 Å². The number of aliphatic hydroxyl groups excluding tert-OH is 5. The molecule has 6 N–H and O–H groups in total. The second-order valence-corrected chi connectivity index (χ2v) is 7.44. The molecular formula is C17H26O11. The number of esters is 1. The Morgan fingerprint density at radius 3 is 2.50 bits per heavy atom. The van der Waals surface area contributed by atoms with Gasteiger partial charge in [0, 0.05) is 0 Å². The van der Waals surface area contributed by atoms with Crippen LogP contribution in [0.4, 0.5) is 0 Å². The smallest absolute Gasteiger partial charge is 0.339 e. The molecule has 0 amide bonds. The molecule has 0 aromatic heterocycles. The second kappa shape index (κ2) is 7.84. The van der Waals surface area contributed by atoms with E-state index in [9.17, 15) is 35.4 Å². The van der Waals surface area contributed by atoms with Crippen LogP contribution in [0, 0.1) is 11.8 Å². The largest absolute Gasteiger partial charge is 0.471 e. The van der Waals surface area contributed by atoms with Gasteiger partial charge in [-0.3, -0.25) is 0 Å². The number of fused-ring (bicyclic) bond motifs is 1. The van der Waals surface area contributed by atoms with E-state index in [0.29, 0.717) is 0 Å². The highest BCUT2D eigenvalue weighted by atomic mass is 16.8. The normalized spacial score (nSPS) is 48.4. The van der Waals surface area contributed by atoms with Crippen LogP contribution in [0.2, 0.25) is 0 Å². The van der Waals surface area contributed by atoms with Crippen molar-refractivity contribution >= 4 is 5.97 Å². The van der Waals surface area contributed by atoms with Crippen molar-refractivity contribution in [2.24, 2.45) is 11.8 Å². The molecule has 160 valence electrons. The molecule has 0 radical (unpaired) electrons. The molecule has 2 fully saturated rings. The summed E-state index contributed by atoms with van der Waals surface area (Å²) in [5.41, 5.74) is -2.27. The predicted molar refractivity (Wildman–Crippen MR) is 88.1 cm³/mol. The van der Waals surface area contributed by atoms with Crippen molar-refractivity contribution in [2.45, 2.75) is 62.0 Å². The molecule has 2 heterocycles. The number of hydrogen-bond donors (Lipinski definition) is 6. The van der Waals surface area contributed by atoms with Gasteiger partial charge >= 0.3 is 5.97 Å². The van der Waals surface area contributed by atoms with Gasteiger partial charge in [0.2, 0.25) is 6.29 Å². The summed E-state index contributed by atoms with van der Waals surface area (Å²) in [6.45, 7) is 1.09. The molecule has 0 bridgehead atoms. The SMILES string of the molecule is COC(=O)C1=CO[C@@H](O[C@H]2O[C@H](CO)[C@@H](O)[C@H](O)[C@H]2O)[C@@H]2[C@H](C)C[C@@H](O)[C@]12O. The van der Waals surface area contributed by atoms with Gasteiger partial charge < -0.3 is 49.6 Å². The molecule has 3 aliphatic rings. The Morgan fingerprint density at radius 2 is 1.89 bits per heavy atom. The predicted octanol–water partition coefficient (Wildman–Crippen LogP) is -3.04. The maximum absolute atomic E-state index is 12.0. The second-order valence-electron chi connectivity index (χ2n) is 7.44. The highest BCUT2D eigenvalue weighted by molar-refractivity contribution is 5.91. The van der Waals surface area contributed by atoms with Gasteiger partial charge in [0.15, 0.2) is 6.29 Å². The summed E-state index contributed by atoms with van der Waals surface area (Å²) in [6.07, 6.45) is -9.02. The monoisotopic (exact) mass is 406 g/mol. The average molecular weight is 406 g/mol. The lowest BCUT2D eigenvalue weighted by Gasteiger charge is -2.45. The van der Waals surface area contributed by atoms with Crippen LogP contribution in [0.1, 0.15) is 13.3 Å². The number of hydrogen-bond acceptors (Lipinski definition) is 11. The summed E-state index contributed by atoms with van der Waals surface area (Å²) in [5.74, 6) is -2.15. The third-order valence-electron chi connectivity index (χ3n) is 5.79. The minimum absolute atomic E-state index is 0.146. The summed E-state index contributed by atoms with van der Waals surface area (Å²) in [4.78, 5) is 12.0. The standard InChI is InChI=1S/C17H26O11/c1-6-3-9(19)17(24)7(14(23)25-2)5-26-15(10(6)17)28-16-13(22)12(21)11(20)8(4-18)27-16/h5-6,8-13,15-16,18-22,24H,3-4H2,1-2H3/t6-,8-,9-,10+,11-,12+,13-,15+,16-,17-/m1/s1. The van der Waals surface area contributed by atoms with Crippen LogP contribution < -0.4 is 0 Å². The van der Waals surface area contributed by atoms with Gasteiger partial charge in [-0.15, -0.1) is 0 Å². The van der Waals surface area contributed by atoms with Crippen LogP contribution in [-0.2, 0) is 23.7 Å². The zero-order valence-electron chi connectivity index (χ0n) is 15.4. The van der Waals surface area contributed by atoms with Gasteiger partial charge in [-0.05, 0) is 12.3 Å². The van der Waals surface area contributed by atoms with Crippen molar-refractivity contribution in [3.8, 4) is 0 Å². The first-order chi connectivity index (χ1) is 13.2. The summed E-state index contributed by atoms with van der Waals surface area (Å²) in [7, 11) is 1.13. The Hall–Kier alpha value is -1.31. The topological polar surface area (TPSA) is 175 Å². The van der Waals surface area contributed by atoms with Crippen molar-refractivity contribution in [2.75, 3.05) is 13.7 Å². The third-order valence-corrected chi connectivity index (χ3v) is 5.79. The summed E-state index contributed by atoms with van der Waals surface area (Å²) >= 11 is 0. The van der Waals surface area contributed by atoms with E-state index >= 15 is 0 Å².